The predicted octanol–water partition coefficient (Wildman–Crippen LogP) is 3.40. The highest BCUT2D eigenvalue weighted by Gasteiger charge is 2.32. The third-order valence-corrected chi connectivity index (χ3v) is 4.45. The van der Waals surface area contributed by atoms with Gasteiger partial charge in [-0.1, -0.05) is 15.9 Å². The molecule has 0 atom stereocenters. The zero-order valence-corrected chi connectivity index (χ0v) is 15.7. The summed E-state index contributed by atoms with van der Waals surface area (Å²) in [7, 11) is 0. The maximum absolute atomic E-state index is 12.0. The minimum Gasteiger partial charge on any atom is -0.486 e. The van der Waals surface area contributed by atoms with E-state index in [0.29, 0.717) is 21.7 Å². The van der Waals surface area contributed by atoms with Gasteiger partial charge in [0.2, 0.25) is 0 Å². The normalized spacial score (nSPS) is 16.3. The molecule has 6 nitrogen and oxygen atoms in total. The van der Waals surface area contributed by atoms with Gasteiger partial charge < -0.3 is 9.15 Å². The van der Waals surface area contributed by atoms with Gasteiger partial charge in [0.05, 0.1) is 0 Å². The molecular formula is C16H10BrClN2O4S. The second-order valence-corrected chi connectivity index (χ2v) is 6.59. The van der Waals surface area contributed by atoms with E-state index in [9.17, 15) is 9.59 Å². The zero-order chi connectivity index (χ0) is 18.0. The monoisotopic (exact) mass is 440 g/mol. The van der Waals surface area contributed by atoms with Gasteiger partial charge in [-0.05, 0) is 54.7 Å². The molecule has 25 heavy (non-hydrogen) atoms. The highest BCUT2D eigenvalue weighted by atomic mass is 79.9. The van der Waals surface area contributed by atoms with Crippen LogP contribution in [0.25, 0.3) is 6.08 Å². The van der Waals surface area contributed by atoms with Crippen LogP contribution in [0.2, 0.25) is 0 Å². The molecule has 1 aromatic heterocycles. The minimum absolute atomic E-state index is 0.156. The fraction of sp³-hybridized carbons (Fsp3) is 0.0625. The number of nitrogens with one attached hydrogen (secondary N) is 1. The summed E-state index contributed by atoms with van der Waals surface area (Å²) >= 11 is 13.8. The van der Waals surface area contributed by atoms with Gasteiger partial charge in [-0.15, -0.1) is 0 Å². The molecule has 0 unspecified atom stereocenters. The predicted molar refractivity (Wildman–Crippen MR) is 98.6 cm³/mol. The molecule has 1 aliphatic heterocycles. The molecule has 0 bridgehead atoms. The first-order chi connectivity index (χ1) is 11.9. The molecule has 9 heteroatoms. The molecular weight excluding hydrogens is 432 g/mol. The number of ether oxygens (including phenoxy) is 1. The lowest BCUT2D eigenvalue weighted by Crippen LogP contribution is -2.49. The van der Waals surface area contributed by atoms with Gasteiger partial charge in [0, 0.05) is 16.2 Å². The minimum atomic E-state index is -0.709. The van der Waals surface area contributed by atoms with Crippen LogP contribution in [0.1, 0.15) is 11.5 Å². The Hall–Kier alpha value is -2.16. The third kappa shape index (κ3) is 4.09. The van der Waals surface area contributed by atoms with Crippen molar-refractivity contribution in [1.82, 2.24) is 9.74 Å². The van der Waals surface area contributed by atoms with Crippen LogP contribution in [0.4, 0.5) is 0 Å². The maximum Gasteiger partial charge on any atom is 0.280 e. The maximum atomic E-state index is 12.0. The van der Waals surface area contributed by atoms with E-state index < -0.39 is 11.8 Å². The molecule has 1 fully saturated rings. The molecule has 2 amide bonds. The topological polar surface area (TPSA) is 71.8 Å². The SMILES string of the molecule is O=C1NC(=S)N(Cl)C(=O)C1=Cc1ccc(COc2ccc(Br)cc2)o1. The lowest BCUT2D eigenvalue weighted by molar-refractivity contribution is -0.126. The van der Waals surface area contributed by atoms with Gasteiger partial charge in [0.1, 0.15) is 29.4 Å². The smallest absolute Gasteiger partial charge is 0.280 e. The summed E-state index contributed by atoms with van der Waals surface area (Å²) in [4.78, 5) is 23.9. The standard InChI is InChI=1S/C16H10BrClN2O4S/c17-9-1-3-10(4-2-9)23-8-12-6-5-11(24-12)7-13-14(21)19-16(25)20(18)15(13)22/h1-7H,8H2,(H,19,21,25). The first kappa shape index (κ1) is 17.7. The third-order valence-electron chi connectivity index (χ3n) is 3.22. The second-order valence-electron chi connectivity index (χ2n) is 4.95. The largest absolute Gasteiger partial charge is 0.486 e. The molecule has 1 aliphatic rings. The van der Waals surface area contributed by atoms with Crippen molar-refractivity contribution in [3.63, 3.8) is 0 Å². The van der Waals surface area contributed by atoms with Crippen molar-refractivity contribution in [2.24, 2.45) is 0 Å². The molecule has 0 spiro atoms. The summed E-state index contributed by atoms with van der Waals surface area (Å²) in [6.45, 7) is 0.205. The van der Waals surface area contributed by atoms with Crippen LogP contribution < -0.4 is 10.1 Å². The van der Waals surface area contributed by atoms with E-state index in [1.807, 2.05) is 24.3 Å². The van der Waals surface area contributed by atoms with Gasteiger partial charge in [-0.3, -0.25) is 14.9 Å². The summed E-state index contributed by atoms with van der Waals surface area (Å²) in [5.41, 5.74) is -0.168. The van der Waals surface area contributed by atoms with Gasteiger partial charge in [-0.2, -0.15) is 4.42 Å². The van der Waals surface area contributed by atoms with E-state index in [1.165, 1.54) is 6.08 Å². The first-order valence-electron chi connectivity index (χ1n) is 6.98. The summed E-state index contributed by atoms with van der Waals surface area (Å²) < 4.78 is 12.8. The lowest BCUT2D eigenvalue weighted by Gasteiger charge is -2.21. The van der Waals surface area contributed by atoms with Gasteiger partial charge in [0.15, 0.2) is 5.11 Å². The molecule has 2 heterocycles. The van der Waals surface area contributed by atoms with Gasteiger partial charge in [-0.25, -0.2) is 0 Å². The average molecular weight is 442 g/mol. The summed E-state index contributed by atoms with van der Waals surface area (Å²) in [5.74, 6) is 0.213. The molecule has 1 saturated heterocycles. The molecule has 3 rings (SSSR count). The Bertz CT molecular complexity index is 879. The number of carbonyl (C=O) groups excluding carboxylic acids is 2. The fourth-order valence-corrected chi connectivity index (χ4v) is 2.59. The number of furan rings is 1. The van der Waals surface area contributed by atoms with Crippen molar-refractivity contribution in [2.75, 3.05) is 0 Å². The molecule has 2 aromatic rings. The number of nitrogens with zero attached hydrogens (tertiary/aromatic N) is 1. The number of hydrogen-bond donors (Lipinski definition) is 1. The molecule has 0 radical (unpaired) electrons. The Labute approximate surface area is 161 Å². The fourth-order valence-electron chi connectivity index (χ4n) is 2.01. The van der Waals surface area contributed by atoms with E-state index in [4.69, 9.17) is 33.1 Å². The van der Waals surface area contributed by atoms with Crippen LogP contribution in [0, 0.1) is 0 Å². The van der Waals surface area contributed by atoms with Crippen LogP contribution >= 0.6 is 39.9 Å². The molecule has 0 aliphatic carbocycles. The number of halogens is 2. The highest BCUT2D eigenvalue weighted by Crippen LogP contribution is 2.20. The summed E-state index contributed by atoms with van der Waals surface area (Å²) in [6, 6.07) is 10.7. The Morgan fingerprint density at radius 1 is 1.24 bits per heavy atom. The molecule has 1 aromatic carbocycles. The quantitative estimate of drug-likeness (QED) is 0.341. The van der Waals surface area contributed by atoms with Crippen LogP contribution in [0.5, 0.6) is 5.75 Å². The number of carbonyl (C=O) groups is 2. The van der Waals surface area contributed by atoms with E-state index in [0.717, 1.165) is 4.47 Å². The van der Waals surface area contributed by atoms with E-state index in [-0.39, 0.29) is 17.3 Å². The number of rotatable bonds is 4. The van der Waals surface area contributed by atoms with Crippen molar-refractivity contribution in [1.29, 1.82) is 0 Å². The van der Waals surface area contributed by atoms with Crippen molar-refractivity contribution < 1.29 is 18.7 Å². The van der Waals surface area contributed by atoms with Gasteiger partial charge >= 0.3 is 0 Å². The van der Waals surface area contributed by atoms with Crippen molar-refractivity contribution in [3.8, 4) is 5.75 Å². The Kier molecular flexibility index (Phi) is 5.22. The molecule has 128 valence electrons. The van der Waals surface area contributed by atoms with Crippen LogP contribution in [0.15, 0.2) is 50.9 Å². The second kappa shape index (κ2) is 7.38. The summed E-state index contributed by atoms with van der Waals surface area (Å²) in [5, 5.41) is 2.16. The van der Waals surface area contributed by atoms with E-state index in [2.05, 4.69) is 21.2 Å². The molecule has 0 saturated carbocycles. The number of thiocarbonyl (C=S) groups is 1. The van der Waals surface area contributed by atoms with Crippen LogP contribution in [-0.4, -0.2) is 21.3 Å². The van der Waals surface area contributed by atoms with Crippen molar-refractivity contribution in [2.45, 2.75) is 6.61 Å². The lowest BCUT2D eigenvalue weighted by atomic mass is 10.1. The van der Waals surface area contributed by atoms with E-state index >= 15 is 0 Å². The Morgan fingerprint density at radius 2 is 1.96 bits per heavy atom. The number of hydrogen-bond acceptors (Lipinski definition) is 5. The highest BCUT2D eigenvalue weighted by molar-refractivity contribution is 9.10. The van der Waals surface area contributed by atoms with Gasteiger partial charge in [0.25, 0.3) is 11.8 Å². The zero-order valence-electron chi connectivity index (χ0n) is 12.5. The number of amides is 2. The Balaban J connectivity index is 1.70. The van der Waals surface area contributed by atoms with Crippen LogP contribution in [0.3, 0.4) is 0 Å². The van der Waals surface area contributed by atoms with Crippen LogP contribution in [-0.2, 0) is 16.2 Å². The van der Waals surface area contributed by atoms with Crippen molar-refractivity contribution in [3.05, 3.63) is 58.0 Å². The average Bonchev–Trinajstić information content (AvgIpc) is 3.04. The summed E-state index contributed by atoms with van der Waals surface area (Å²) in [6.07, 6.45) is 1.30. The molecule has 1 N–H and O–H groups in total. The first-order valence-corrected chi connectivity index (χ1v) is 8.52. The Morgan fingerprint density at radius 3 is 2.68 bits per heavy atom. The van der Waals surface area contributed by atoms with E-state index in [1.54, 1.807) is 12.1 Å². The number of benzene rings is 1. The van der Waals surface area contributed by atoms with Crippen molar-refractivity contribution >= 4 is 62.9 Å².